The van der Waals surface area contributed by atoms with Crippen LogP contribution < -0.4 is 0 Å². The first-order valence-electron chi connectivity index (χ1n) is 4.85. The van der Waals surface area contributed by atoms with Crippen LogP contribution in [-0.4, -0.2) is 0 Å². The summed E-state index contributed by atoms with van der Waals surface area (Å²) >= 11 is 0. The van der Waals surface area contributed by atoms with Gasteiger partial charge in [0.25, 0.3) is 0 Å². The van der Waals surface area contributed by atoms with Gasteiger partial charge in [0.05, 0.1) is 0 Å². The van der Waals surface area contributed by atoms with Crippen LogP contribution in [0.2, 0.25) is 0 Å². The molecule has 0 aromatic heterocycles. The standard InChI is InChI=1S/C13H13NS/c1-11-7-5-6-10-13(11)15(14)12-8-3-2-4-9-12/h2-10,14H,1H3. The first-order valence-corrected chi connectivity index (χ1v) is 6.08. The molecule has 2 aromatic carbocycles. The van der Waals surface area contributed by atoms with Gasteiger partial charge in [0.2, 0.25) is 0 Å². The van der Waals surface area contributed by atoms with Crippen molar-refractivity contribution in [2.45, 2.75) is 16.7 Å². The molecular weight excluding hydrogens is 202 g/mol. The van der Waals surface area contributed by atoms with Crippen molar-refractivity contribution >= 4 is 10.7 Å². The van der Waals surface area contributed by atoms with Crippen molar-refractivity contribution in [2.24, 2.45) is 0 Å². The highest BCUT2D eigenvalue weighted by Gasteiger charge is 2.04. The van der Waals surface area contributed by atoms with Gasteiger partial charge in [0.15, 0.2) is 0 Å². The van der Waals surface area contributed by atoms with Gasteiger partial charge in [-0.15, -0.1) is 0 Å². The Morgan fingerprint density at radius 1 is 0.867 bits per heavy atom. The van der Waals surface area contributed by atoms with E-state index in [2.05, 4.69) is 13.0 Å². The van der Waals surface area contributed by atoms with Crippen LogP contribution in [0.15, 0.2) is 64.4 Å². The van der Waals surface area contributed by atoms with E-state index in [1.807, 2.05) is 48.5 Å². The van der Waals surface area contributed by atoms with Crippen LogP contribution in [0.3, 0.4) is 0 Å². The summed E-state index contributed by atoms with van der Waals surface area (Å²) in [7, 11) is -0.558. The lowest BCUT2D eigenvalue weighted by Crippen LogP contribution is -1.93. The van der Waals surface area contributed by atoms with E-state index in [4.69, 9.17) is 4.78 Å². The highest BCUT2D eigenvalue weighted by molar-refractivity contribution is 7.86. The smallest absolute Gasteiger partial charge is 0.0258 e. The molecule has 0 saturated heterocycles. The molecule has 2 aromatic rings. The van der Waals surface area contributed by atoms with E-state index in [1.54, 1.807) is 0 Å². The van der Waals surface area contributed by atoms with E-state index < -0.39 is 10.7 Å². The maximum absolute atomic E-state index is 8.22. The molecule has 0 amide bonds. The number of hydrogen-bond donors (Lipinski definition) is 1. The molecule has 0 radical (unpaired) electrons. The Bertz CT molecular complexity index is 477. The lowest BCUT2D eigenvalue weighted by atomic mass is 10.2. The predicted molar refractivity (Wildman–Crippen MR) is 64.2 cm³/mol. The Kier molecular flexibility index (Phi) is 2.97. The molecule has 2 rings (SSSR count). The summed E-state index contributed by atoms with van der Waals surface area (Å²) in [5.41, 5.74) is 1.19. The van der Waals surface area contributed by atoms with Crippen LogP contribution >= 0.6 is 0 Å². The van der Waals surface area contributed by atoms with Crippen molar-refractivity contribution < 1.29 is 0 Å². The predicted octanol–water partition coefficient (Wildman–Crippen LogP) is 3.79. The topological polar surface area (TPSA) is 23.9 Å². The summed E-state index contributed by atoms with van der Waals surface area (Å²) in [6, 6.07) is 18.1. The third-order valence-corrected chi connectivity index (χ3v) is 3.93. The zero-order valence-corrected chi connectivity index (χ0v) is 9.42. The van der Waals surface area contributed by atoms with Crippen LogP contribution in [0.25, 0.3) is 0 Å². The van der Waals surface area contributed by atoms with Gasteiger partial charge in [-0.3, -0.25) is 4.78 Å². The second-order valence-electron chi connectivity index (χ2n) is 3.38. The number of hydrogen-bond acceptors (Lipinski definition) is 1. The average molecular weight is 215 g/mol. The summed E-state index contributed by atoms with van der Waals surface area (Å²) in [6.07, 6.45) is 0. The van der Waals surface area contributed by atoms with E-state index in [0.29, 0.717) is 0 Å². The van der Waals surface area contributed by atoms with Gasteiger partial charge in [-0.1, -0.05) is 36.4 Å². The van der Waals surface area contributed by atoms with Crippen molar-refractivity contribution in [3.05, 3.63) is 60.2 Å². The molecule has 0 aliphatic rings. The minimum absolute atomic E-state index is 0.558. The molecule has 76 valence electrons. The molecule has 1 nitrogen and oxygen atoms in total. The van der Waals surface area contributed by atoms with Gasteiger partial charge in [0, 0.05) is 9.79 Å². The van der Waals surface area contributed by atoms with Gasteiger partial charge < -0.3 is 0 Å². The molecule has 0 aliphatic heterocycles. The fourth-order valence-corrected chi connectivity index (χ4v) is 2.76. The van der Waals surface area contributed by atoms with Gasteiger partial charge in [0.1, 0.15) is 0 Å². The fourth-order valence-electron chi connectivity index (χ4n) is 1.47. The summed E-state index contributed by atoms with van der Waals surface area (Å²) < 4.78 is 8.22. The van der Waals surface area contributed by atoms with E-state index in [-0.39, 0.29) is 0 Å². The highest BCUT2D eigenvalue weighted by Crippen LogP contribution is 2.19. The molecule has 0 aliphatic carbocycles. The molecule has 1 unspecified atom stereocenters. The Labute approximate surface area is 92.7 Å². The largest absolute Gasteiger partial charge is 0.271 e. The molecular formula is C13H13NS. The van der Waals surface area contributed by atoms with Crippen molar-refractivity contribution in [1.29, 1.82) is 4.78 Å². The average Bonchev–Trinajstić information content (AvgIpc) is 2.30. The first-order chi connectivity index (χ1) is 7.29. The molecule has 0 fully saturated rings. The van der Waals surface area contributed by atoms with E-state index in [9.17, 15) is 0 Å². The summed E-state index contributed by atoms with van der Waals surface area (Å²) in [4.78, 5) is 2.19. The van der Waals surface area contributed by atoms with Gasteiger partial charge in [-0.05, 0) is 41.4 Å². The van der Waals surface area contributed by atoms with E-state index in [1.165, 1.54) is 5.56 Å². The fraction of sp³-hybridized carbons (Fsp3) is 0.0769. The Balaban J connectivity index is 2.42. The van der Waals surface area contributed by atoms with Crippen molar-refractivity contribution in [2.75, 3.05) is 0 Å². The summed E-state index contributed by atoms with van der Waals surface area (Å²) in [5.74, 6) is 0. The molecule has 15 heavy (non-hydrogen) atoms. The number of nitrogens with one attached hydrogen (secondary N) is 1. The highest BCUT2D eigenvalue weighted by atomic mass is 32.2. The SMILES string of the molecule is Cc1ccccc1S(=N)c1ccccc1. The maximum Gasteiger partial charge on any atom is 0.0258 e. The van der Waals surface area contributed by atoms with Gasteiger partial charge in [-0.2, -0.15) is 0 Å². The zero-order chi connectivity index (χ0) is 10.7. The Morgan fingerprint density at radius 3 is 2.13 bits per heavy atom. The lowest BCUT2D eigenvalue weighted by molar-refractivity contribution is 1.27. The van der Waals surface area contributed by atoms with Crippen LogP contribution in [0, 0.1) is 11.7 Å². The second-order valence-corrected chi connectivity index (χ2v) is 4.91. The van der Waals surface area contributed by atoms with Crippen molar-refractivity contribution in [3.8, 4) is 0 Å². The van der Waals surface area contributed by atoms with Crippen molar-refractivity contribution in [1.82, 2.24) is 0 Å². The summed E-state index contributed by atoms with van der Waals surface area (Å²) in [5, 5.41) is 0. The lowest BCUT2D eigenvalue weighted by Gasteiger charge is -2.08. The molecule has 0 bridgehead atoms. The van der Waals surface area contributed by atoms with Crippen LogP contribution in [0.4, 0.5) is 0 Å². The summed E-state index contributed by atoms with van der Waals surface area (Å²) in [6.45, 7) is 2.06. The molecule has 1 atom stereocenters. The number of rotatable bonds is 2. The zero-order valence-electron chi connectivity index (χ0n) is 8.60. The minimum atomic E-state index is -0.558. The maximum atomic E-state index is 8.22. The number of benzene rings is 2. The van der Waals surface area contributed by atoms with Gasteiger partial charge in [-0.25, -0.2) is 0 Å². The Morgan fingerprint density at radius 2 is 1.47 bits per heavy atom. The second kappa shape index (κ2) is 4.41. The monoisotopic (exact) mass is 215 g/mol. The first kappa shape index (κ1) is 10.1. The Hall–Kier alpha value is -1.41. The molecule has 1 N–H and O–H groups in total. The van der Waals surface area contributed by atoms with Crippen molar-refractivity contribution in [3.63, 3.8) is 0 Å². The van der Waals surface area contributed by atoms with E-state index in [0.717, 1.165) is 9.79 Å². The third-order valence-electron chi connectivity index (χ3n) is 2.29. The molecule has 2 heteroatoms. The third kappa shape index (κ3) is 2.16. The van der Waals surface area contributed by atoms with E-state index >= 15 is 0 Å². The minimum Gasteiger partial charge on any atom is -0.271 e. The van der Waals surface area contributed by atoms with Crippen LogP contribution in [0.5, 0.6) is 0 Å². The molecule has 0 heterocycles. The van der Waals surface area contributed by atoms with Crippen LogP contribution in [-0.2, 0) is 10.7 Å². The molecule has 0 saturated carbocycles. The number of aryl methyl sites for hydroxylation is 1. The van der Waals surface area contributed by atoms with Gasteiger partial charge >= 0.3 is 0 Å². The molecule has 0 spiro atoms. The normalized spacial score (nSPS) is 12.3. The van der Waals surface area contributed by atoms with Crippen LogP contribution in [0.1, 0.15) is 5.56 Å². The quantitative estimate of drug-likeness (QED) is 0.788.